The maximum atomic E-state index is 4.39. The van der Waals surface area contributed by atoms with Crippen LogP contribution in [0.1, 0.15) is 63.5 Å². The quantitative estimate of drug-likeness (QED) is 0.787. The smallest absolute Gasteiger partial charge is 0.131 e. The number of hydrogen-bond acceptors (Lipinski definition) is 3. The van der Waals surface area contributed by atoms with Gasteiger partial charge >= 0.3 is 0 Å². The molecule has 0 saturated heterocycles. The molecule has 2 aromatic rings. The zero-order valence-electron chi connectivity index (χ0n) is 13.4. The summed E-state index contributed by atoms with van der Waals surface area (Å²) in [6.45, 7) is 8.88. The summed E-state index contributed by atoms with van der Waals surface area (Å²) >= 11 is 0. The van der Waals surface area contributed by atoms with E-state index in [-0.39, 0.29) is 0 Å². The normalized spacial score (nSPS) is 13.7. The Morgan fingerprint density at radius 1 is 0.857 bits per heavy atom. The third kappa shape index (κ3) is 4.03. The first-order valence-corrected chi connectivity index (χ1v) is 7.83. The van der Waals surface area contributed by atoms with Gasteiger partial charge < -0.3 is 5.32 Å². The van der Waals surface area contributed by atoms with Crippen molar-refractivity contribution in [3.05, 3.63) is 47.8 Å². The fourth-order valence-electron chi connectivity index (χ4n) is 2.25. The summed E-state index contributed by atoms with van der Waals surface area (Å²) in [4.78, 5) is 8.79. The highest BCUT2D eigenvalue weighted by Gasteiger charge is 2.07. The lowest BCUT2D eigenvalue weighted by molar-refractivity contribution is 0.731. The molecule has 0 aromatic carbocycles. The molecule has 2 unspecified atom stereocenters. The molecule has 0 radical (unpaired) electrons. The fraction of sp³-hybridized carbons (Fsp3) is 0.444. The van der Waals surface area contributed by atoms with Crippen molar-refractivity contribution in [3.8, 4) is 0 Å². The molecule has 2 aromatic heterocycles. The van der Waals surface area contributed by atoms with E-state index in [1.54, 1.807) is 0 Å². The van der Waals surface area contributed by atoms with Gasteiger partial charge in [0.05, 0.1) is 0 Å². The minimum absolute atomic E-state index is 0.549. The van der Waals surface area contributed by atoms with E-state index in [2.05, 4.69) is 67.2 Å². The number of rotatable bonds is 6. The highest BCUT2D eigenvalue weighted by Crippen LogP contribution is 2.24. The summed E-state index contributed by atoms with van der Waals surface area (Å²) in [6.07, 6.45) is 5.99. The predicted octanol–water partition coefficient (Wildman–Crippen LogP) is 5.25. The van der Waals surface area contributed by atoms with Crippen LogP contribution in [0, 0.1) is 0 Å². The van der Waals surface area contributed by atoms with Crippen LogP contribution < -0.4 is 5.32 Å². The number of anilines is 2. The topological polar surface area (TPSA) is 37.8 Å². The van der Waals surface area contributed by atoms with Crippen LogP contribution in [0.5, 0.6) is 0 Å². The lowest BCUT2D eigenvalue weighted by atomic mass is 9.99. The largest absolute Gasteiger partial charge is 0.325 e. The lowest BCUT2D eigenvalue weighted by Crippen LogP contribution is -2.00. The lowest BCUT2D eigenvalue weighted by Gasteiger charge is -2.13. The molecule has 1 N–H and O–H groups in total. The number of pyridine rings is 2. The van der Waals surface area contributed by atoms with E-state index in [1.165, 1.54) is 11.1 Å². The zero-order chi connectivity index (χ0) is 15.2. The van der Waals surface area contributed by atoms with Crippen LogP contribution in [0.3, 0.4) is 0 Å². The molecule has 112 valence electrons. The van der Waals surface area contributed by atoms with E-state index in [9.17, 15) is 0 Å². The van der Waals surface area contributed by atoms with E-state index < -0.39 is 0 Å². The van der Waals surface area contributed by atoms with Crippen molar-refractivity contribution in [2.45, 2.75) is 52.4 Å². The minimum Gasteiger partial charge on any atom is -0.325 e. The van der Waals surface area contributed by atoms with Gasteiger partial charge in [-0.3, -0.25) is 0 Å². The summed E-state index contributed by atoms with van der Waals surface area (Å²) in [6, 6.07) is 8.41. The van der Waals surface area contributed by atoms with Gasteiger partial charge in [0.25, 0.3) is 0 Å². The van der Waals surface area contributed by atoms with E-state index in [0.717, 1.165) is 24.5 Å². The molecule has 2 rings (SSSR count). The summed E-state index contributed by atoms with van der Waals surface area (Å²) < 4.78 is 0. The molecule has 0 aliphatic carbocycles. The maximum absolute atomic E-state index is 4.39. The Hall–Kier alpha value is -1.90. The fourth-order valence-corrected chi connectivity index (χ4v) is 2.25. The number of nitrogens with one attached hydrogen (secondary N) is 1. The predicted molar refractivity (Wildman–Crippen MR) is 89.2 cm³/mol. The van der Waals surface area contributed by atoms with Gasteiger partial charge in [-0.15, -0.1) is 0 Å². The van der Waals surface area contributed by atoms with Gasteiger partial charge in [-0.25, -0.2) is 9.97 Å². The second-order valence-corrected chi connectivity index (χ2v) is 5.69. The molecule has 0 aliphatic heterocycles. The number of aromatic nitrogens is 2. The molecule has 3 heteroatoms. The first kappa shape index (κ1) is 15.5. The molecule has 2 heterocycles. The van der Waals surface area contributed by atoms with Crippen LogP contribution in [0.25, 0.3) is 0 Å². The Bertz CT molecular complexity index is 529. The van der Waals surface area contributed by atoms with Gasteiger partial charge in [0.2, 0.25) is 0 Å². The van der Waals surface area contributed by atoms with E-state index in [0.29, 0.717) is 11.8 Å². The molecular formula is C18H25N3. The Morgan fingerprint density at radius 3 is 1.67 bits per heavy atom. The van der Waals surface area contributed by atoms with Crippen LogP contribution >= 0.6 is 0 Å². The highest BCUT2D eigenvalue weighted by molar-refractivity contribution is 5.53. The van der Waals surface area contributed by atoms with Gasteiger partial charge in [-0.2, -0.15) is 0 Å². The molecule has 0 amide bonds. The summed E-state index contributed by atoms with van der Waals surface area (Å²) in [5.74, 6) is 2.82. The highest BCUT2D eigenvalue weighted by atomic mass is 15.0. The molecule has 21 heavy (non-hydrogen) atoms. The van der Waals surface area contributed by atoms with Crippen molar-refractivity contribution >= 4 is 11.6 Å². The number of nitrogens with zero attached hydrogens (tertiary/aromatic N) is 2. The van der Waals surface area contributed by atoms with E-state index >= 15 is 0 Å². The van der Waals surface area contributed by atoms with Crippen LogP contribution in [0.4, 0.5) is 11.6 Å². The molecule has 3 nitrogen and oxygen atoms in total. The Balaban J connectivity index is 2.18. The van der Waals surface area contributed by atoms with Crippen LogP contribution in [-0.2, 0) is 0 Å². The second kappa shape index (κ2) is 7.21. The number of hydrogen-bond donors (Lipinski definition) is 1. The van der Waals surface area contributed by atoms with Gasteiger partial charge in [0, 0.05) is 12.4 Å². The van der Waals surface area contributed by atoms with Crippen molar-refractivity contribution in [2.75, 3.05) is 5.32 Å². The summed E-state index contributed by atoms with van der Waals surface area (Å²) in [5, 5.41) is 3.32. The average molecular weight is 283 g/mol. The van der Waals surface area contributed by atoms with Gasteiger partial charge in [0.1, 0.15) is 11.6 Å². The monoisotopic (exact) mass is 283 g/mol. The van der Waals surface area contributed by atoms with Crippen molar-refractivity contribution < 1.29 is 0 Å². The SMILES string of the molecule is CCC(C)c1ccnc(Nc2cc(C(C)CC)ccn2)c1. The molecule has 0 aliphatic rings. The van der Waals surface area contributed by atoms with E-state index in [1.807, 2.05) is 12.4 Å². The first-order chi connectivity index (χ1) is 10.1. The van der Waals surface area contributed by atoms with Crippen LogP contribution in [-0.4, -0.2) is 9.97 Å². The maximum Gasteiger partial charge on any atom is 0.131 e. The molecule has 0 spiro atoms. The first-order valence-electron chi connectivity index (χ1n) is 7.83. The molecular weight excluding hydrogens is 258 g/mol. The minimum atomic E-state index is 0.549. The average Bonchev–Trinajstić information content (AvgIpc) is 2.53. The van der Waals surface area contributed by atoms with Crippen molar-refractivity contribution in [1.29, 1.82) is 0 Å². The Labute approximate surface area is 127 Å². The molecule has 0 saturated carbocycles. The van der Waals surface area contributed by atoms with Crippen molar-refractivity contribution in [1.82, 2.24) is 9.97 Å². The van der Waals surface area contributed by atoms with E-state index in [4.69, 9.17) is 0 Å². The third-order valence-electron chi connectivity index (χ3n) is 4.19. The van der Waals surface area contributed by atoms with Crippen LogP contribution in [0.15, 0.2) is 36.7 Å². The molecule has 2 atom stereocenters. The van der Waals surface area contributed by atoms with Crippen molar-refractivity contribution in [2.24, 2.45) is 0 Å². The van der Waals surface area contributed by atoms with Gasteiger partial charge in [-0.05, 0) is 60.1 Å². The van der Waals surface area contributed by atoms with Gasteiger partial charge in [-0.1, -0.05) is 27.7 Å². The standard InChI is InChI=1S/C18H25N3/c1-5-13(3)15-7-9-19-17(11-15)21-18-12-16(8-10-20-18)14(4)6-2/h7-14H,5-6H2,1-4H3,(H,19,20,21). The van der Waals surface area contributed by atoms with Crippen molar-refractivity contribution in [3.63, 3.8) is 0 Å². The van der Waals surface area contributed by atoms with Crippen LogP contribution in [0.2, 0.25) is 0 Å². The Kier molecular flexibility index (Phi) is 5.32. The molecule has 0 bridgehead atoms. The third-order valence-corrected chi connectivity index (χ3v) is 4.19. The summed E-state index contributed by atoms with van der Waals surface area (Å²) in [5.41, 5.74) is 2.63. The van der Waals surface area contributed by atoms with Gasteiger partial charge in [0.15, 0.2) is 0 Å². The second-order valence-electron chi connectivity index (χ2n) is 5.69. The summed E-state index contributed by atoms with van der Waals surface area (Å²) in [7, 11) is 0. The Morgan fingerprint density at radius 2 is 1.29 bits per heavy atom. The zero-order valence-corrected chi connectivity index (χ0v) is 13.4. The molecule has 0 fully saturated rings.